The second-order valence-electron chi connectivity index (χ2n) is 7.62. The lowest BCUT2D eigenvalue weighted by molar-refractivity contribution is 0.253. The summed E-state index contributed by atoms with van der Waals surface area (Å²) < 4.78 is 0. The van der Waals surface area contributed by atoms with Gasteiger partial charge in [-0.25, -0.2) is 0 Å². The molecule has 1 atom stereocenters. The third-order valence-corrected chi connectivity index (χ3v) is 5.96. The predicted octanol–water partition coefficient (Wildman–Crippen LogP) is 3.62. The van der Waals surface area contributed by atoms with Crippen molar-refractivity contribution in [2.45, 2.75) is 44.9 Å². The topological polar surface area (TPSA) is 39.7 Å². The van der Waals surface area contributed by atoms with E-state index >= 15 is 0 Å². The first-order valence-electron chi connectivity index (χ1n) is 10.1. The van der Waals surface area contributed by atoms with Crippen molar-refractivity contribution in [1.82, 2.24) is 15.5 Å². The zero-order valence-corrected chi connectivity index (χ0v) is 18.7. The number of benzene rings is 1. The third-order valence-electron chi connectivity index (χ3n) is 5.96. The maximum atomic E-state index is 4.96. The number of halogens is 1. The van der Waals surface area contributed by atoms with E-state index in [9.17, 15) is 0 Å². The van der Waals surface area contributed by atoms with Crippen LogP contribution in [0.3, 0.4) is 0 Å². The lowest BCUT2D eigenvalue weighted by atomic mass is 9.64. The lowest BCUT2D eigenvalue weighted by Crippen LogP contribution is -2.43. The molecule has 1 aromatic rings. The smallest absolute Gasteiger partial charge is 0.191 e. The average Bonchev–Trinajstić information content (AvgIpc) is 3.07. The molecule has 0 amide bonds. The van der Waals surface area contributed by atoms with Crippen molar-refractivity contribution in [3.8, 4) is 0 Å². The Morgan fingerprint density at radius 3 is 2.54 bits per heavy atom. The number of hydrogen-bond donors (Lipinski definition) is 2. The second-order valence-corrected chi connectivity index (χ2v) is 7.62. The van der Waals surface area contributed by atoms with E-state index in [4.69, 9.17) is 4.99 Å². The summed E-state index contributed by atoms with van der Waals surface area (Å²) >= 11 is 0. The van der Waals surface area contributed by atoms with Crippen LogP contribution >= 0.6 is 24.0 Å². The maximum absolute atomic E-state index is 4.96. The molecule has 1 aliphatic heterocycles. The van der Waals surface area contributed by atoms with Gasteiger partial charge in [-0.2, -0.15) is 0 Å². The summed E-state index contributed by atoms with van der Waals surface area (Å²) in [6.07, 6.45) is 5.14. The minimum absolute atomic E-state index is 0. The number of aliphatic imine (C=N–C) groups is 1. The van der Waals surface area contributed by atoms with Crippen LogP contribution in [0.1, 0.15) is 45.1 Å². The van der Waals surface area contributed by atoms with E-state index < -0.39 is 0 Å². The highest BCUT2D eigenvalue weighted by molar-refractivity contribution is 14.0. The standard InChI is InChI=1S/C21H34N4.HI/c1-3-22-20(23-15-18-11-14-25(4-2)16-18)24-17-21(12-8-13-21)19-9-6-5-7-10-19;/h5-7,9-10,18H,3-4,8,11-17H2,1-2H3,(H2,22,23,24);1H. The van der Waals surface area contributed by atoms with E-state index in [1.165, 1.54) is 50.9 Å². The van der Waals surface area contributed by atoms with E-state index in [1.807, 2.05) is 0 Å². The second kappa shape index (κ2) is 10.5. The Balaban J connectivity index is 0.00000243. The van der Waals surface area contributed by atoms with Crippen LogP contribution in [0.5, 0.6) is 0 Å². The van der Waals surface area contributed by atoms with Gasteiger partial charge < -0.3 is 15.5 Å². The molecular weight excluding hydrogens is 435 g/mol. The Morgan fingerprint density at radius 1 is 1.19 bits per heavy atom. The van der Waals surface area contributed by atoms with Gasteiger partial charge in [0.15, 0.2) is 5.96 Å². The number of nitrogens with zero attached hydrogens (tertiary/aromatic N) is 2. The fourth-order valence-corrected chi connectivity index (χ4v) is 4.11. The third kappa shape index (κ3) is 5.35. The molecule has 1 saturated heterocycles. The highest BCUT2D eigenvalue weighted by Gasteiger charge is 2.38. The molecular formula is C21H35IN4. The number of guanidine groups is 1. The molecule has 5 heteroatoms. The van der Waals surface area contributed by atoms with Gasteiger partial charge in [0.2, 0.25) is 0 Å². The van der Waals surface area contributed by atoms with Crippen LogP contribution < -0.4 is 10.6 Å². The van der Waals surface area contributed by atoms with Gasteiger partial charge >= 0.3 is 0 Å². The van der Waals surface area contributed by atoms with E-state index in [0.29, 0.717) is 0 Å². The van der Waals surface area contributed by atoms with Crippen LogP contribution in [-0.2, 0) is 5.41 Å². The summed E-state index contributed by atoms with van der Waals surface area (Å²) in [6, 6.07) is 11.0. The molecule has 4 nitrogen and oxygen atoms in total. The molecule has 0 radical (unpaired) electrons. The summed E-state index contributed by atoms with van der Waals surface area (Å²) in [5.74, 6) is 1.73. The molecule has 146 valence electrons. The van der Waals surface area contributed by atoms with E-state index in [-0.39, 0.29) is 29.4 Å². The Morgan fingerprint density at radius 2 is 1.96 bits per heavy atom. The predicted molar refractivity (Wildman–Crippen MR) is 122 cm³/mol. The van der Waals surface area contributed by atoms with Crippen LogP contribution in [0, 0.1) is 5.92 Å². The van der Waals surface area contributed by atoms with Gasteiger partial charge in [0.05, 0.1) is 6.54 Å². The van der Waals surface area contributed by atoms with Crippen LogP contribution in [0.4, 0.5) is 0 Å². The van der Waals surface area contributed by atoms with Gasteiger partial charge in [0, 0.05) is 25.0 Å². The van der Waals surface area contributed by atoms with Gasteiger partial charge in [-0.3, -0.25) is 4.99 Å². The fraction of sp³-hybridized carbons (Fsp3) is 0.667. The largest absolute Gasteiger partial charge is 0.357 e. The van der Waals surface area contributed by atoms with Gasteiger partial charge in [-0.15, -0.1) is 24.0 Å². The van der Waals surface area contributed by atoms with Gasteiger partial charge in [-0.05, 0) is 50.8 Å². The normalized spacial score (nSPS) is 22.4. The summed E-state index contributed by atoms with van der Waals surface area (Å²) in [6.45, 7) is 10.9. The number of likely N-dealkylation sites (tertiary alicyclic amines) is 1. The molecule has 2 aliphatic rings. The van der Waals surface area contributed by atoms with Crippen LogP contribution in [0.15, 0.2) is 35.3 Å². The zero-order valence-electron chi connectivity index (χ0n) is 16.3. The van der Waals surface area contributed by atoms with Crippen molar-refractivity contribution in [3.63, 3.8) is 0 Å². The van der Waals surface area contributed by atoms with E-state index in [1.54, 1.807) is 0 Å². The van der Waals surface area contributed by atoms with Crippen molar-refractivity contribution in [2.75, 3.05) is 39.3 Å². The lowest BCUT2D eigenvalue weighted by Gasteiger charge is -2.41. The van der Waals surface area contributed by atoms with E-state index in [2.05, 4.69) is 59.7 Å². The van der Waals surface area contributed by atoms with Crippen molar-refractivity contribution >= 4 is 29.9 Å². The molecule has 1 saturated carbocycles. The Labute approximate surface area is 176 Å². The minimum Gasteiger partial charge on any atom is -0.357 e. The zero-order chi connectivity index (χ0) is 17.5. The fourth-order valence-electron chi connectivity index (χ4n) is 4.11. The molecule has 1 unspecified atom stereocenters. The molecule has 26 heavy (non-hydrogen) atoms. The Hall–Kier alpha value is -0.820. The molecule has 2 fully saturated rings. The van der Waals surface area contributed by atoms with Gasteiger partial charge in [0.25, 0.3) is 0 Å². The minimum atomic E-state index is 0. The quantitative estimate of drug-likeness (QED) is 0.363. The molecule has 0 spiro atoms. The van der Waals surface area contributed by atoms with Gasteiger partial charge in [-0.1, -0.05) is 43.7 Å². The SMILES string of the molecule is CCNC(=NCC1(c2ccccc2)CCC1)NCC1CCN(CC)C1.I. The first kappa shape index (κ1) is 21.5. The molecule has 1 heterocycles. The molecule has 1 aromatic carbocycles. The summed E-state index contributed by atoms with van der Waals surface area (Å²) in [4.78, 5) is 7.50. The average molecular weight is 470 g/mol. The van der Waals surface area contributed by atoms with Gasteiger partial charge in [0.1, 0.15) is 0 Å². The molecule has 3 rings (SSSR count). The monoisotopic (exact) mass is 470 g/mol. The highest BCUT2D eigenvalue weighted by atomic mass is 127. The summed E-state index contributed by atoms with van der Waals surface area (Å²) in [7, 11) is 0. The van der Waals surface area contributed by atoms with Crippen molar-refractivity contribution in [3.05, 3.63) is 35.9 Å². The highest BCUT2D eigenvalue weighted by Crippen LogP contribution is 2.43. The number of nitrogens with one attached hydrogen (secondary N) is 2. The van der Waals surface area contributed by atoms with Crippen LogP contribution in [-0.4, -0.2) is 50.1 Å². The van der Waals surface area contributed by atoms with Crippen molar-refractivity contribution in [1.29, 1.82) is 0 Å². The molecule has 1 aliphatic carbocycles. The number of rotatable bonds is 7. The summed E-state index contributed by atoms with van der Waals surface area (Å²) in [5.41, 5.74) is 1.71. The molecule has 2 N–H and O–H groups in total. The van der Waals surface area contributed by atoms with Crippen molar-refractivity contribution in [2.24, 2.45) is 10.9 Å². The van der Waals surface area contributed by atoms with Crippen LogP contribution in [0.25, 0.3) is 0 Å². The summed E-state index contributed by atoms with van der Waals surface area (Å²) in [5, 5.41) is 7.02. The number of hydrogen-bond acceptors (Lipinski definition) is 2. The molecule has 0 bridgehead atoms. The Bertz CT molecular complexity index is 556. The first-order valence-corrected chi connectivity index (χ1v) is 10.1. The first-order chi connectivity index (χ1) is 12.3. The molecule has 0 aromatic heterocycles. The van der Waals surface area contributed by atoms with Crippen molar-refractivity contribution < 1.29 is 0 Å². The maximum Gasteiger partial charge on any atom is 0.191 e. The Kier molecular flexibility index (Phi) is 8.67. The van der Waals surface area contributed by atoms with Crippen LogP contribution in [0.2, 0.25) is 0 Å². The van der Waals surface area contributed by atoms with E-state index in [0.717, 1.165) is 31.5 Å².